The van der Waals surface area contributed by atoms with Crippen LogP contribution in [0, 0.1) is 11.3 Å². The van der Waals surface area contributed by atoms with Gasteiger partial charge in [0, 0.05) is 0 Å². The second-order valence-corrected chi connectivity index (χ2v) is 4.14. The molecule has 0 fully saturated rings. The molecule has 0 bridgehead atoms. The summed E-state index contributed by atoms with van der Waals surface area (Å²) in [7, 11) is 0. The van der Waals surface area contributed by atoms with Crippen molar-refractivity contribution in [1.82, 2.24) is 0 Å². The summed E-state index contributed by atoms with van der Waals surface area (Å²) in [5.41, 5.74) is 0.332. The van der Waals surface area contributed by atoms with Gasteiger partial charge in [0.25, 0.3) is 0 Å². The number of hydrogen-bond donors (Lipinski definition) is 0. The lowest BCUT2D eigenvalue weighted by molar-refractivity contribution is 0.339. The van der Waals surface area contributed by atoms with Crippen molar-refractivity contribution in [2.75, 3.05) is 6.61 Å². The molecule has 0 N–H and O–H groups in total. The first-order valence-corrected chi connectivity index (χ1v) is 6.21. The van der Waals surface area contributed by atoms with Gasteiger partial charge in [-0.05, 0) is 43.3 Å². The van der Waals surface area contributed by atoms with Gasteiger partial charge in [-0.3, -0.25) is 0 Å². The fraction of sp³-hybridized carbons (Fsp3) is 0.133. The van der Waals surface area contributed by atoms with E-state index in [1.54, 1.807) is 30.3 Å². The molecule has 0 radical (unpaired) electrons. The van der Waals surface area contributed by atoms with E-state index >= 15 is 0 Å². The minimum atomic E-state index is 0.332. The molecule has 0 saturated carbocycles. The summed E-state index contributed by atoms with van der Waals surface area (Å²) in [5, 5.41) is 9.44. The zero-order valence-electron chi connectivity index (χ0n) is 10.4. The Balaban J connectivity index is 2.22. The average Bonchev–Trinajstić information content (AvgIpc) is 2.42. The Bertz CT molecular complexity index is 603. The highest BCUT2D eigenvalue weighted by Gasteiger charge is 2.08. The van der Waals surface area contributed by atoms with Gasteiger partial charge in [-0.15, -0.1) is 0 Å². The van der Waals surface area contributed by atoms with Gasteiger partial charge in [0.05, 0.1) is 11.6 Å². The van der Waals surface area contributed by atoms with Gasteiger partial charge in [0.1, 0.15) is 28.9 Å². The van der Waals surface area contributed by atoms with Crippen molar-refractivity contribution in [3.05, 3.63) is 53.1 Å². The minimum Gasteiger partial charge on any atom is -0.494 e. The molecule has 0 aromatic heterocycles. The Morgan fingerprint density at radius 2 is 1.79 bits per heavy atom. The SMILES string of the molecule is CCOc1ccc(Oc2cccc(Cl)c2C#N)cc1. The highest BCUT2D eigenvalue weighted by atomic mass is 35.5. The van der Waals surface area contributed by atoms with E-state index in [1.807, 2.05) is 25.1 Å². The predicted molar refractivity (Wildman–Crippen MR) is 73.9 cm³/mol. The maximum absolute atomic E-state index is 9.06. The smallest absolute Gasteiger partial charge is 0.146 e. The highest BCUT2D eigenvalue weighted by molar-refractivity contribution is 6.31. The fourth-order valence-corrected chi connectivity index (χ4v) is 1.80. The third kappa shape index (κ3) is 3.18. The van der Waals surface area contributed by atoms with Gasteiger partial charge in [-0.25, -0.2) is 0 Å². The van der Waals surface area contributed by atoms with Gasteiger partial charge in [-0.2, -0.15) is 5.26 Å². The molecule has 0 spiro atoms. The second kappa shape index (κ2) is 6.12. The lowest BCUT2D eigenvalue weighted by Crippen LogP contribution is -1.92. The maximum atomic E-state index is 9.06. The molecule has 0 atom stereocenters. The molecule has 3 nitrogen and oxygen atoms in total. The third-order valence-electron chi connectivity index (χ3n) is 2.45. The summed E-state index contributed by atoms with van der Waals surface area (Å²) >= 11 is 5.94. The number of ether oxygens (including phenoxy) is 2. The van der Waals surface area contributed by atoms with E-state index in [4.69, 9.17) is 26.3 Å². The molecule has 0 aliphatic rings. The molecule has 0 aliphatic heterocycles. The van der Waals surface area contributed by atoms with Gasteiger partial charge < -0.3 is 9.47 Å². The first-order chi connectivity index (χ1) is 9.24. The van der Waals surface area contributed by atoms with Crippen LogP contribution in [0.25, 0.3) is 0 Å². The molecular formula is C15H12ClNO2. The Labute approximate surface area is 117 Å². The van der Waals surface area contributed by atoms with Crippen molar-refractivity contribution in [2.45, 2.75) is 6.92 Å². The van der Waals surface area contributed by atoms with Crippen LogP contribution in [0.1, 0.15) is 12.5 Å². The van der Waals surface area contributed by atoms with Crippen molar-refractivity contribution in [2.24, 2.45) is 0 Å². The molecule has 2 rings (SSSR count). The molecule has 96 valence electrons. The minimum absolute atomic E-state index is 0.332. The normalized spacial score (nSPS) is 9.74. The van der Waals surface area contributed by atoms with Crippen molar-refractivity contribution in [3.8, 4) is 23.3 Å². The summed E-state index contributed by atoms with van der Waals surface area (Å²) in [5.74, 6) is 1.85. The standard InChI is InChI=1S/C15H12ClNO2/c1-2-18-11-6-8-12(9-7-11)19-15-5-3-4-14(16)13(15)10-17/h3-9H,2H2,1H3. The van der Waals surface area contributed by atoms with Gasteiger partial charge in [0.15, 0.2) is 0 Å². The highest BCUT2D eigenvalue weighted by Crippen LogP contribution is 2.30. The van der Waals surface area contributed by atoms with E-state index in [2.05, 4.69) is 0 Å². The quantitative estimate of drug-likeness (QED) is 0.829. The number of hydrogen-bond acceptors (Lipinski definition) is 3. The summed E-state index contributed by atoms with van der Waals surface area (Å²) in [6.45, 7) is 2.54. The molecule has 0 heterocycles. The maximum Gasteiger partial charge on any atom is 0.146 e. The zero-order valence-corrected chi connectivity index (χ0v) is 11.1. The van der Waals surface area contributed by atoms with Crippen molar-refractivity contribution in [1.29, 1.82) is 5.26 Å². The van der Waals surface area contributed by atoms with Crippen LogP contribution >= 0.6 is 11.6 Å². The molecule has 0 amide bonds. The van der Waals surface area contributed by atoms with Crippen LogP contribution < -0.4 is 9.47 Å². The first-order valence-electron chi connectivity index (χ1n) is 5.84. The summed E-state index contributed by atoms with van der Waals surface area (Å²) in [6.07, 6.45) is 0. The molecule has 0 unspecified atom stereocenters. The van der Waals surface area contributed by atoms with E-state index in [0.29, 0.717) is 28.7 Å². The second-order valence-electron chi connectivity index (χ2n) is 3.73. The Morgan fingerprint density at radius 3 is 2.42 bits per heavy atom. The van der Waals surface area contributed by atoms with E-state index in [1.165, 1.54) is 0 Å². The molecule has 0 aliphatic carbocycles. The van der Waals surface area contributed by atoms with Crippen molar-refractivity contribution >= 4 is 11.6 Å². The first kappa shape index (κ1) is 13.3. The van der Waals surface area contributed by atoms with E-state index < -0.39 is 0 Å². The zero-order chi connectivity index (χ0) is 13.7. The third-order valence-corrected chi connectivity index (χ3v) is 2.76. The lowest BCUT2D eigenvalue weighted by atomic mass is 10.2. The predicted octanol–water partition coefficient (Wildman–Crippen LogP) is 4.40. The van der Waals surface area contributed by atoms with Crippen LogP contribution in [-0.4, -0.2) is 6.61 Å². The number of rotatable bonds is 4. The van der Waals surface area contributed by atoms with Crippen molar-refractivity contribution < 1.29 is 9.47 Å². The van der Waals surface area contributed by atoms with Crippen LogP contribution in [0.3, 0.4) is 0 Å². The van der Waals surface area contributed by atoms with Gasteiger partial charge in [-0.1, -0.05) is 17.7 Å². The van der Waals surface area contributed by atoms with Crippen LogP contribution in [0.15, 0.2) is 42.5 Å². The largest absolute Gasteiger partial charge is 0.494 e. The monoisotopic (exact) mass is 273 g/mol. The van der Waals surface area contributed by atoms with Crippen LogP contribution in [0.4, 0.5) is 0 Å². The van der Waals surface area contributed by atoms with Crippen LogP contribution in [0.5, 0.6) is 17.2 Å². The number of benzene rings is 2. The van der Waals surface area contributed by atoms with Crippen molar-refractivity contribution in [3.63, 3.8) is 0 Å². The molecule has 2 aromatic carbocycles. The molecule has 2 aromatic rings. The molecule has 4 heteroatoms. The Morgan fingerprint density at radius 1 is 1.11 bits per heavy atom. The molecule has 0 saturated heterocycles. The van der Waals surface area contributed by atoms with Gasteiger partial charge >= 0.3 is 0 Å². The van der Waals surface area contributed by atoms with Gasteiger partial charge in [0.2, 0.25) is 0 Å². The number of nitriles is 1. The topological polar surface area (TPSA) is 42.2 Å². The van der Waals surface area contributed by atoms with Crippen LogP contribution in [-0.2, 0) is 0 Å². The number of nitrogens with zero attached hydrogens (tertiary/aromatic N) is 1. The average molecular weight is 274 g/mol. The Kier molecular flexibility index (Phi) is 4.27. The molecular weight excluding hydrogens is 262 g/mol. The number of halogens is 1. The van der Waals surface area contributed by atoms with Crippen LogP contribution in [0.2, 0.25) is 5.02 Å². The summed E-state index contributed by atoms with van der Waals surface area (Å²) < 4.78 is 11.0. The van der Waals surface area contributed by atoms with E-state index in [0.717, 1.165) is 5.75 Å². The summed E-state index contributed by atoms with van der Waals surface area (Å²) in [6, 6.07) is 14.3. The van der Waals surface area contributed by atoms with E-state index in [-0.39, 0.29) is 0 Å². The molecule has 19 heavy (non-hydrogen) atoms. The fourth-order valence-electron chi connectivity index (χ4n) is 1.60. The Hall–Kier alpha value is -2.18. The van der Waals surface area contributed by atoms with E-state index in [9.17, 15) is 0 Å². The summed E-state index contributed by atoms with van der Waals surface area (Å²) in [4.78, 5) is 0. The lowest BCUT2D eigenvalue weighted by Gasteiger charge is -2.09.